The van der Waals surface area contributed by atoms with Crippen LogP contribution in [-0.2, 0) is 0 Å². The Bertz CT molecular complexity index is 223. The van der Waals surface area contributed by atoms with Gasteiger partial charge in [0.1, 0.15) is 11.1 Å². The molecule has 3 nitrogen and oxygen atoms in total. The Morgan fingerprint density at radius 1 is 1.50 bits per heavy atom. The molecule has 0 amide bonds. The minimum atomic E-state index is 0.127. The van der Waals surface area contributed by atoms with Gasteiger partial charge >= 0.3 is 0 Å². The van der Waals surface area contributed by atoms with E-state index in [2.05, 4.69) is 4.90 Å². The van der Waals surface area contributed by atoms with Gasteiger partial charge in [0.2, 0.25) is 0 Å². The summed E-state index contributed by atoms with van der Waals surface area (Å²) in [5, 5.41) is 8.57. The van der Waals surface area contributed by atoms with Gasteiger partial charge in [-0.05, 0) is 25.9 Å². The lowest BCUT2D eigenvalue weighted by Gasteiger charge is -2.13. The van der Waals surface area contributed by atoms with Gasteiger partial charge in [-0.25, -0.2) is 0 Å². The molecular formula is C8H12ClN3. The van der Waals surface area contributed by atoms with E-state index in [9.17, 15) is 0 Å². The first kappa shape index (κ1) is 9.37. The van der Waals surface area contributed by atoms with E-state index < -0.39 is 0 Å². The molecule has 4 heteroatoms. The third-order valence-corrected chi connectivity index (χ3v) is 2.30. The summed E-state index contributed by atoms with van der Waals surface area (Å²) in [6.07, 6.45) is 2.44. The maximum absolute atomic E-state index is 8.44. The van der Waals surface area contributed by atoms with Gasteiger partial charge < -0.3 is 5.73 Å². The number of rotatable bonds is 2. The summed E-state index contributed by atoms with van der Waals surface area (Å²) < 4.78 is 0. The van der Waals surface area contributed by atoms with E-state index in [0.717, 1.165) is 13.1 Å². The average Bonchev–Trinajstić information content (AvgIpc) is 2.55. The zero-order valence-electron chi connectivity index (χ0n) is 6.89. The minimum Gasteiger partial charge on any atom is -0.399 e. The number of nitrogens with zero attached hydrogens (tertiary/aromatic N) is 2. The highest BCUT2D eigenvalue weighted by atomic mass is 35.5. The van der Waals surface area contributed by atoms with Crippen LogP contribution in [0.3, 0.4) is 0 Å². The Balaban J connectivity index is 2.45. The zero-order chi connectivity index (χ0) is 8.97. The summed E-state index contributed by atoms with van der Waals surface area (Å²) in [6, 6.07) is 1.83. The topological polar surface area (TPSA) is 53.1 Å². The van der Waals surface area contributed by atoms with Crippen molar-refractivity contribution >= 4 is 11.6 Å². The van der Waals surface area contributed by atoms with Gasteiger partial charge in [0, 0.05) is 6.54 Å². The van der Waals surface area contributed by atoms with Crippen molar-refractivity contribution in [3.8, 4) is 6.07 Å². The minimum absolute atomic E-state index is 0.127. The Kier molecular flexibility index (Phi) is 3.39. The number of nitriles is 1. The van der Waals surface area contributed by atoms with Gasteiger partial charge in [0.05, 0.1) is 5.70 Å². The van der Waals surface area contributed by atoms with Crippen LogP contribution in [0.5, 0.6) is 0 Å². The van der Waals surface area contributed by atoms with Crippen LogP contribution in [-0.4, -0.2) is 24.5 Å². The van der Waals surface area contributed by atoms with Crippen molar-refractivity contribution in [2.75, 3.05) is 19.6 Å². The van der Waals surface area contributed by atoms with E-state index in [4.69, 9.17) is 22.6 Å². The lowest BCUT2D eigenvalue weighted by atomic mass is 10.4. The fraction of sp³-hybridized carbons (Fsp3) is 0.625. The lowest BCUT2D eigenvalue weighted by molar-refractivity contribution is 0.367. The maximum atomic E-state index is 8.44. The third-order valence-electron chi connectivity index (χ3n) is 1.97. The van der Waals surface area contributed by atoms with Gasteiger partial charge in [-0.2, -0.15) is 5.26 Å². The Morgan fingerprint density at radius 3 is 2.58 bits per heavy atom. The predicted molar refractivity (Wildman–Crippen MR) is 48.4 cm³/mol. The highest BCUT2D eigenvalue weighted by Gasteiger charge is 2.12. The van der Waals surface area contributed by atoms with Crippen LogP contribution in [0.15, 0.2) is 10.7 Å². The molecule has 66 valence electrons. The van der Waals surface area contributed by atoms with Gasteiger partial charge in [-0.3, -0.25) is 4.90 Å². The molecule has 0 unspecified atom stereocenters. The van der Waals surface area contributed by atoms with Crippen LogP contribution in [0.25, 0.3) is 0 Å². The summed E-state index contributed by atoms with van der Waals surface area (Å²) in [5.74, 6) is 0. The molecule has 0 aromatic carbocycles. The van der Waals surface area contributed by atoms with Crippen molar-refractivity contribution in [2.45, 2.75) is 12.8 Å². The van der Waals surface area contributed by atoms with E-state index in [1.54, 1.807) is 0 Å². The summed E-state index contributed by atoms with van der Waals surface area (Å²) in [5.41, 5.74) is 6.08. The van der Waals surface area contributed by atoms with E-state index in [0.29, 0.717) is 12.2 Å². The van der Waals surface area contributed by atoms with E-state index >= 15 is 0 Å². The van der Waals surface area contributed by atoms with Crippen molar-refractivity contribution in [1.29, 1.82) is 5.26 Å². The van der Waals surface area contributed by atoms with Crippen LogP contribution >= 0.6 is 11.6 Å². The average molecular weight is 186 g/mol. The molecule has 0 atom stereocenters. The Hall–Kier alpha value is -0.720. The molecule has 1 fully saturated rings. The summed E-state index contributed by atoms with van der Waals surface area (Å²) >= 11 is 5.56. The van der Waals surface area contributed by atoms with Gasteiger partial charge in [-0.15, -0.1) is 0 Å². The molecule has 0 spiro atoms. The fourth-order valence-electron chi connectivity index (χ4n) is 1.32. The van der Waals surface area contributed by atoms with Crippen molar-refractivity contribution in [3.05, 3.63) is 10.7 Å². The molecule has 1 rings (SSSR count). The molecule has 1 saturated heterocycles. The second-order valence-corrected chi connectivity index (χ2v) is 3.31. The molecule has 0 bridgehead atoms. The SMILES string of the molecule is N#C/C(Cl)=C(\N)CN1CCCC1. The van der Waals surface area contributed by atoms with Crippen molar-refractivity contribution in [3.63, 3.8) is 0 Å². The number of hydrogen-bond acceptors (Lipinski definition) is 3. The first-order valence-corrected chi connectivity index (χ1v) is 4.38. The van der Waals surface area contributed by atoms with Gasteiger partial charge in [0.15, 0.2) is 0 Å². The van der Waals surface area contributed by atoms with Crippen LogP contribution < -0.4 is 5.73 Å². The molecule has 1 aliphatic heterocycles. The monoisotopic (exact) mass is 185 g/mol. The van der Waals surface area contributed by atoms with E-state index in [1.165, 1.54) is 12.8 Å². The predicted octanol–water partition coefficient (Wildman–Crippen LogP) is 1.01. The lowest BCUT2D eigenvalue weighted by Crippen LogP contribution is -2.25. The Labute approximate surface area is 77.4 Å². The number of halogens is 1. The van der Waals surface area contributed by atoms with Crippen LogP contribution in [0.4, 0.5) is 0 Å². The summed E-state index contributed by atoms with van der Waals surface area (Å²) in [6.45, 7) is 2.76. The molecule has 12 heavy (non-hydrogen) atoms. The first-order chi connectivity index (χ1) is 5.74. The normalized spacial score (nSPS) is 20.3. The van der Waals surface area contributed by atoms with Crippen LogP contribution in [0.2, 0.25) is 0 Å². The number of nitrogens with two attached hydrogens (primary N) is 1. The number of hydrogen-bond donors (Lipinski definition) is 1. The number of likely N-dealkylation sites (tertiary alicyclic amines) is 1. The molecule has 0 saturated carbocycles. The van der Waals surface area contributed by atoms with Gasteiger partial charge in [0.25, 0.3) is 0 Å². The highest BCUT2D eigenvalue weighted by molar-refractivity contribution is 6.32. The third kappa shape index (κ3) is 2.40. The van der Waals surface area contributed by atoms with Crippen molar-refractivity contribution in [1.82, 2.24) is 4.90 Å². The summed E-state index contributed by atoms with van der Waals surface area (Å²) in [4.78, 5) is 2.20. The molecule has 2 N–H and O–H groups in total. The molecule has 0 aromatic rings. The van der Waals surface area contributed by atoms with Crippen LogP contribution in [0.1, 0.15) is 12.8 Å². The number of allylic oxidation sites excluding steroid dienone is 1. The quantitative estimate of drug-likeness (QED) is 0.654. The first-order valence-electron chi connectivity index (χ1n) is 4.00. The summed E-state index contributed by atoms with van der Waals surface area (Å²) in [7, 11) is 0. The Morgan fingerprint density at radius 2 is 2.08 bits per heavy atom. The molecule has 0 aromatic heterocycles. The highest BCUT2D eigenvalue weighted by Crippen LogP contribution is 2.11. The molecule has 0 aliphatic carbocycles. The fourth-order valence-corrected chi connectivity index (χ4v) is 1.38. The molecular weight excluding hydrogens is 174 g/mol. The zero-order valence-corrected chi connectivity index (χ0v) is 7.64. The van der Waals surface area contributed by atoms with Crippen molar-refractivity contribution in [2.24, 2.45) is 5.73 Å². The van der Waals surface area contributed by atoms with Crippen LogP contribution in [0, 0.1) is 11.3 Å². The van der Waals surface area contributed by atoms with E-state index in [-0.39, 0.29) is 5.03 Å². The van der Waals surface area contributed by atoms with Crippen molar-refractivity contribution < 1.29 is 0 Å². The second-order valence-electron chi connectivity index (χ2n) is 2.93. The van der Waals surface area contributed by atoms with E-state index in [1.807, 2.05) is 6.07 Å². The maximum Gasteiger partial charge on any atom is 0.138 e. The van der Waals surface area contributed by atoms with Gasteiger partial charge in [-0.1, -0.05) is 11.6 Å². The molecule has 0 radical (unpaired) electrons. The molecule has 1 heterocycles. The standard InChI is InChI=1S/C8H12ClN3/c9-7(5-10)8(11)6-12-3-1-2-4-12/h1-4,6,11H2/b8-7+. The smallest absolute Gasteiger partial charge is 0.138 e. The molecule has 1 aliphatic rings. The second kappa shape index (κ2) is 4.34. The largest absolute Gasteiger partial charge is 0.399 e.